The third-order valence-electron chi connectivity index (χ3n) is 6.73. The molecule has 0 N–H and O–H groups in total. The Morgan fingerprint density at radius 3 is 2.15 bits per heavy atom. The molecule has 2 aliphatic carbocycles. The summed E-state index contributed by atoms with van der Waals surface area (Å²) in [5, 5.41) is 0. The summed E-state index contributed by atoms with van der Waals surface area (Å²) in [6, 6.07) is 6.96. The molecule has 0 fully saturated rings. The number of fused-ring (bicyclic) bond motifs is 1. The SMILES string of the molecule is CC1=C(C)[CH]([Zr]([CH3])([CH3])(=[SiH2])[C]2=CC(C(C)(C)C)=CC2)c2cccc(C)c21.Cl.Cl. The van der Waals surface area contributed by atoms with Crippen LogP contribution in [0.2, 0.25) is 9.26 Å². The molecule has 150 valence electrons. The zero-order chi connectivity index (χ0) is 18.8. The molecule has 1 aromatic carbocycles. The largest absolute Gasteiger partial charge is 0.147 e. The van der Waals surface area contributed by atoms with Gasteiger partial charge < -0.3 is 0 Å². The first-order chi connectivity index (χ1) is 11.3. The molecular formula is C23H36Cl2SiZr. The van der Waals surface area contributed by atoms with E-state index in [1.54, 1.807) is 25.6 Å². The number of hydrogen-bond donors (Lipinski definition) is 0. The van der Waals surface area contributed by atoms with E-state index in [0.717, 1.165) is 0 Å². The first-order valence-corrected chi connectivity index (χ1v) is 23.1. The molecule has 0 heterocycles. The fourth-order valence-electron chi connectivity index (χ4n) is 5.09. The molecule has 0 radical (unpaired) electrons. The Bertz CT molecular complexity index is 920. The molecule has 2 aliphatic rings. The number of hydrogen-bond acceptors (Lipinski definition) is 0. The minimum Gasteiger partial charge on any atom is -0.147 e. The maximum absolute atomic E-state index is 3.12. The topological polar surface area (TPSA) is 0 Å². The van der Waals surface area contributed by atoms with E-state index in [2.05, 4.69) is 88.0 Å². The number of benzene rings is 1. The Labute approximate surface area is 181 Å². The zero-order valence-electron chi connectivity index (χ0n) is 18.2. The van der Waals surface area contributed by atoms with Crippen LogP contribution < -0.4 is 0 Å². The summed E-state index contributed by atoms with van der Waals surface area (Å²) in [4.78, 5) is 0. The summed E-state index contributed by atoms with van der Waals surface area (Å²) in [6.45, 7) is 16.5. The van der Waals surface area contributed by atoms with E-state index in [1.807, 2.05) is 0 Å². The second-order valence-electron chi connectivity index (χ2n) is 10.4. The Kier molecular flexibility index (Phi) is 7.22. The second-order valence-corrected chi connectivity index (χ2v) is 40.1. The summed E-state index contributed by atoms with van der Waals surface area (Å²) in [6.07, 6.45) is 6.27. The van der Waals surface area contributed by atoms with Crippen molar-refractivity contribution in [1.82, 2.24) is 0 Å². The molecule has 0 saturated heterocycles. The second kappa shape index (κ2) is 7.75. The van der Waals surface area contributed by atoms with E-state index >= 15 is 0 Å². The summed E-state index contributed by atoms with van der Waals surface area (Å²) in [5.74, 6) is 0. The maximum atomic E-state index is 2.68. The van der Waals surface area contributed by atoms with E-state index in [-0.39, 0.29) is 30.2 Å². The van der Waals surface area contributed by atoms with E-state index in [0.29, 0.717) is 3.63 Å². The Hall–Kier alpha value is 0.120. The molecule has 0 aromatic heterocycles. The van der Waals surface area contributed by atoms with Crippen LogP contribution in [0.4, 0.5) is 0 Å². The Balaban J connectivity index is 0.00000182. The first kappa shape index (κ1) is 25.2. The van der Waals surface area contributed by atoms with Gasteiger partial charge in [0.1, 0.15) is 0 Å². The van der Waals surface area contributed by atoms with Crippen LogP contribution >= 0.6 is 24.8 Å². The van der Waals surface area contributed by atoms with Crippen molar-refractivity contribution in [3.8, 4) is 0 Å². The summed E-state index contributed by atoms with van der Waals surface area (Å²) in [7, 11) is 0. The van der Waals surface area contributed by atoms with Gasteiger partial charge in [0.05, 0.1) is 0 Å². The number of aryl methyl sites for hydroxylation is 1. The van der Waals surface area contributed by atoms with Crippen LogP contribution in [0.15, 0.2) is 44.8 Å². The van der Waals surface area contributed by atoms with Crippen molar-refractivity contribution < 1.29 is 17.4 Å². The Morgan fingerprint density at radius 1 is 1.04 bits per heavy atom. The molecule has 27 heavy (non-hydrogen) atoms. The van der Waals surface area contributed by atoms with Crippen molar-refractivity contribution in [1.29, 1.82) is 0 Å². The minimum atomic E-state index is -3.12. The van der Waals surface area contributed by atoms with Crippen molar-refractivity contribution in [3.05, 3.63) is 61.5 Å². The molecule has 3 rings (SSSR count). The summed E-state index contributed by atoms with van der Waals surface area (Å²) < 4.78 is 7.82. The fraction of sp³-hybridized carbons (Fsp3) is 0.478. The van der Waals surface area contributed by atoms with Crippen molar-refractivity contribution in [2.45, 2.75) is 60.9 Å². The standard InChI is InChI=1S/C12H13.C9H13.2CH3.2ClH.H2Si.Zr/c1-8-5-4-6-11-7-9(2)10(3)12(8)11;1-9(2,3)8-6-4-5-7-8;;;;;;/h4-7H,1-3H3;6-7H,4H2,1-3H3;2*1H3;2*1H;1H2;. The van der Waals surface area contributed by atoms with Gasteiger partial charge in [0.2, 0.25) is 0 Å². The number of allylic oxidation sites excluding steroid dienone is 6. The molecule has 0 nitrogen and oxygen atoms in total. The number of rotatable bonds is 2. The van der Waals surface area contributed by atoms with Gasteiger partial charge in [0.25, 0.3) is 0 Å². The normalized spacial score (nSPS) is 19.8. The van der Waals surface area contributed by atoms with Gasteiger partial charge in [-0.15, -0.1) is 24.8 Å². The molecule has 0 spiro atoms. The zero-order valence-corrected chi connectivity index (χ0v) is 23.7. The molecule has 1 aromatic rings. The van der Waals surface area contributed by atoms with Gasteiger partial charge in [-0.05, 0) is 0 Å². The van der Waals surface area contributed by atoms with E-state index in [1.165, 1.54) is 17.6 Å². The molecule has 4 heteroatoms. The average Bonchev–Trinajstić information content (AvgIpc) is 3.05. The van der Waals surface area contributed by atoms with Crippen molar-refractivity contribution in [2.75, 3.05) is 0 Å². The van der Waals surface area contributed by atoms with E-state index in [9.17, 15) is 0 Å². The monoisotopic (exact) mass is 500 g/mol. The van der Waals surface area contributed by atoms with Gasteiger partial charge in [-0.25, -0.2) is 0 Å². The van der Waals surface area contributed by atoms with Gasteiger partial charge >= 0.3 is 158 Å². The van der Waals surface area contributed by atoms with Crippen LogP contribution in [0.1, 0.15) is 61.4 Å². The van der Waals surface area contributed by atoms with Gasteiger partial charge in [-0.2, -0.15) is 0 Å². The van der Waals surface area contributed by atoms with Crippen LogP contribution in [-0.4, -0.2) is 6.88 Å². The van der Waals surface area contributed by atoms with Crippen LogP contribution in [-0.2, 0) is 17.4 Å². The number of halogens is 2. The van der Waals surface area contributed by atoms with Crippen molar-refractivity contribution >= 4 is 37.3 Å². The van der Waals surface area contributed by atoms with Gasteiger partial charge in [-0.1, -0.05) is 0 Å². The smallest absolute Gasteiger partial charge is 0.147 e. The average molecular weight is 503 g/mol. The molecule has 0 aliphatic heterocycles. The van der Waals surface area contributed by atoms with Crippen LogP contribution in [0.5, 0.6) is 0 Å². The van der Waals surface area contributed by atoms with Crippen molar-refractivity contribution in [2.24, 2.45) is 5.41 Å². The predicted octanol–water partition coefficient (Wildman–Crippen LogP) is 7.28. The summed E-state index contributed by atoms with van der Waals surface area (Å²) in [5.41, 5.74) is 9.58. The molecule has 0 bridgehead atoms. The van der Waals surface area contributed by atoms with E-state index in [4.69, 9.17) is 0 Å². The quantitative estimate of drug-likeness (QED) is 0.373. The van der Waals surface area contributed by atoms with Crippen molar-refractivity contribution in [3.63, 3.8) is 0 Å². The third kappa shape index (κ3) is 4.07. The van der Waals surface area contributed by atoms with Crippen LogP contribution in [0.3, 0.4) is 0 Å². The van der Waals surface area contributed by atoms with Crippen LogP contribution in [0, 0.1) is 12.3 Å². The van der Waals surface area contributed by atoms with Crippen LogP contribution in [0.25, 0.3) is 5.57 Å². The van der Waals surface area contributed by atoms with Gasteiger partial charge in [-0.3, -0.25) is 0 Å². The molecule has 0 saturated carbocycles. The summed E-state index contributed by atoms with van der Waals surface area (Å²) >= 11 is -3.12. The molecule has 0 amide bonds. The predicted molar refractivity (Wildman–Crippen MR) is 127 cm³/mol. The maximum Gasteiger partial charge on any atom is -0.147 e. The molecule has 1 unspecified atom stereocenters. The molecular weight excluding hydrogens is 466 g/mol. The third-order valence-corrected chi connectivity index (χ3v) is 24.3. The fourth-order valence-corrected chi connectivity index (χ4v) is 21.0. The first-order valence-electron chi connectivity index (χ1n) is 9.59. The molecule has 1 atom stereocenters. The van der Waals surface area contributed by atoms with Gasteiger partial charge in [0, 0.05) is 0 Å². The Morgan fingerprint density at radius 2 is 1.63 bits per heavy atom. The minimum absolute atomic E-state index is 0. The van der Waals surface area contributed by atoms with Gasteiger partial charge in [0.15, 0.2) is 0 Å². The van der Waals surface area contributed by atoms with E-state index < -0.39 is 17.4 Å².